The van der Waals surface area contributed by atoms with E-state index >= 15 is 0 Å². The van der Waals surface area contributed by atoms with Gasteiger partial charge in [-0.15, -0.1) is 6.58 Å². The maximum atomic E-state index is 10.7. The van der Waals surface area contributed by atoms with E-state index in [-0.39, 0.29) is 5.97 Å². The molecule has 0 saturated heterocycles. The fourth-order valence-corrected chi connectivity index (χ4v) is 1.03. The van der Waals surface area contributed by atoms with Gasteiger partial charge in [0.1, 0.15) is 0 Å². The number of rotatable bonds is 7. The molecule has 0 radical (unpaired) electrons. The molecule has 0 bridgehead atoms. The van der Waals surface area contributed by atoms with Crippen LogP contribution in [0.25, 0.3) is 0 Å². The Kier molecular flexibility index (Phi) is 7.90. The van der Waals surface area contributed by atoms with Gasteiger partial charge in [-0.05, 0) is 32.6 Å². The Bertz CT molecular complexity index is 204. The summed E-state index contributed by atoms with van der Waals surface area (Å²) in [5.74, 6) is -0.125. The molecular weight excluding hydrogens is 176 g/mol. The number of methoxy groups -OCH3 is 1. The third-order valence-corrected chi connectivity index (χ3v) is 1.88. The lowest BCUT2D eigenvalue weighted by Gasteiger charge is -1.96. The van der Waals surface area contributed by atoms with Crippen LogP contribution in [0.5, 0.6) is 0 Å². The van der Waals surface area contributed by atoms with Crippen molar-refractivity contribution in [2.75, 3.05) is 7.11 Å². The minimum absolute atomic E-state index is 0.125. The van der Waals surface area contributed by atoms with Gasteiger partial charge < -0.3 is 4.74 Å². The molecule has 0 amide bonds. The summed E-state index contributed by atoms with van der Waals surface area (Å²) in [4.78, 5) is 10.7. The van der Waals surface area contributed by atoms with Gasteiger partial charge in [-0.1, -0.05) is 17.7 Å². The number of unbranched alkanes of at least 4 members (excludes halogenated alkanes) is 1. The summed E-state index contributed by atoms with van der Waals surface area (Å²) in [6.45, 7) is 5.86. The van der Waals surface area contributed by atoms with E-state index in [0.29, 0.717) is 6.42 Å². The first-order chi connectivity index (χ1) is 6.66. The zero-order valence-corrected chi connectivity index (χ0v) is 9.21. The van der Waals surface area contributed by atoms with Gasteiger partial charge in [0, 0.05) is 6.42 Å². The summed E-state index contributed by atoms with van der Waals surface area (Å²) < 4.78 is 4.53. The van der Waals surface area contributed by atoms with Crippen molar-refractivity contribution in [2.24, 2.45) is 0 Å². The summed E-state index contributed by atoms with van der Waals surface area (Å²) in [6, 6.07) is 0. The van der Waals surface area contributed by atoms with E-state index in [1.54, 1.807) is 0 Å². The van der Waals surface area contributed by atoms with Gasteiger partial charge in [0.15, 0.2) is 0 Å². The summed E-state index contributed by atoms with van der Waals surface area (Å²) >= 11 is 0. The largest absolute Gasteiger partial charge is 0.469 e. The molecule has 0 rings (SSSR count). The highest BCUT2D eigenvalue weighted by Gasteiger charge is 1.96. The molecule has 0 heterocycles. The first-order valence-electron chi connectivity index (χ1n) is 5.03. The van der Waals surface area contributed by atoms with E-state index < -0.39 is 0 Å². The minimum atomic E-state index is -0.125. The second-order valence-corrected chi connectivity index (χ2v) is 3.44. The maximum Gasteiger partial charge on any atom is 0.305 e. The number of esters is 1. The molecule has 0 spiro atoms. The van der Waals surface area contributed by atoms with Gasteiger partial charge in [-0.25, -0.2) is 0 Å². The average Bonchev–Trinajstić information content (AvgIpc) is 2.15. The molecule has 0 N–H and O–H groups in total. The molecule has 2 heteroatoms. The molecule has 0 aliphatic carbocycles. The summed E-state index contributed by atoms with van der Waals surface area (Å²) in [7, 11) is 1.42. The van der Waals surface area contributed by atoms with E-state index in [4.69, 9.17) is 0 Å². The smallest absolute Gasteiger partial charge is 0.305 e. The lowest BCUT2D eigenvalue weighted by Crippen LogP contribution is -1.98. The first-order valence-corrected chi connectivity index (χ1v) is 5.03. The van der Waals surface area contributed by atoms with Gasteiger partial charge in [-0.3, -0.25) is 4.79 Å². The highest BCUT2D eigenvalue weighted by molar-refractivity contribution is 5.68. The molecule has 0 aromatic carbocycles. The molecule has 0 atom stereocenters. The lowest BCUT2D eigenvalue weighted by atomic mass is 10.1. The Labute approximate surface area is 86.6 Å². The van der Waals surface area contributed by atoms with Crippen LogP contribution in [0.15, 0.2) is 24.3 Å². The van der Waals surface area contributed by atoms with Crippen molar-refractivity contribution in [3.8, 4) is 0 Å². The predicted molar refractivity (Wildman–Crippen MR) is 59.1 cm³/mol. The molecule has 14 heavy (non-hydrogen) atoms. The Balaban J connectivity index is 3.27. The van der Waals surface area contributed by atoms with Crippen LogP contribution in [0.2, 0.25) is 0 Å². The number of carbonyl (C=O) groups is 1. The van der Waals surface area contributed by atoms with Gasteiger partial charge in [-0.2, -0.15) is 0 Å². The SMILES string of the molecule is C=C(C)CC/C=C/CCCC(=O)OC. The molecule has 80 valence electrons. The van der Waals surface area contributed by atoms with Crippen LogP contribution < -0.4 is 0 Å². The topological polar surface area (TPSA) is 26.3 Å². The van der Waals surface area contributed by atoms with Crippen molar-refractivity contribution < 1.29 is 9.53 Å². The van der Waals surface area contributed by atoms with Crippen LogP contribution in [-0.2, 0) is 9.53 Å². The van der Waals surface area contributed by atoms with Crippen molar-refractivity contribution in [2.45, 2.75) is 39.0 Å². The minimum Gasteiger partial charge on any atom is -0.469 e. The second kappa shape index (κ2) is 8.54. The Morgan fingerprint density at radius 3 is 2.50 bits per heavy atom. The molecular formula is C12H20O2. The zero-order valence-electron chi connectivity index (χ0n) is 9.21. The van der Waals surface area contributed by atoms with E-state index in [1.165, 1.54) is 12.7 Å². The number of allylic oxidation sites excluding steroid dienone is 3. The Morgan fingerprint density at radius 2 is 1.93 bits per heavy atom. The van der Waals surface area contributed by atoms with Crippen LogP contribution >= 0.6 is 0 Å². The van der Waals surface area contributed by atoms with E-state index in [2.05, 4.69) is 23.5 Å². The number of carbonyl (C=O) groups excluding carboxylic acids is 1. The molecule has 0 fully saturated rings. The maximum absolute atomic E-state index is 10.7. The van der Waals surface area contributed by atoms with Gasteiger partial charge >= 0.3 is 5.97 Å². The molecule has 0 aliphatic rings. The standard InChI is InChI=1S/C12H20O2/c1-11(2)9-7-5-4-6-8-10-12(13)14-3/h4-5H,1,6-10H2,2-3H3/b5-4+. The normalized spacial score (nSPS) is 10.4. The van der Waals surface area contributed by atoms with Gasteiger partial charge in [0.25, 0.3) is 0 Å². The van der Waals surface area contributed by atoms with Gasteiger partial charge in [0.2, 0.25) is 0 Å². The van der Waals surface area contributed by atoms with E-state index in [1.807, 2.05) is 6.92 Å². The van der Waals surface area contributed by atoms with Crippen molar-refractivity contribution in [3.05, 3.63) is 24.3 Å². The highest BCUT2D eigenvalue weighted by Crippen LogP contribution is 2.03. The molecule has 0 unspecified atom stereocenters. The van der Waals surface area contributed by atoms with Crippen molar-refractivity contribution in [1.29, 1.82) is 0 Å². The van der Waals surface area contributed by atoms with Crippen molar-refractivity contribution in [3.63, 3.8) is 0 Å². The van der Waals surface area contributed by atoms with Crippen LogP contribution in [0.1, 0.15) is 39.0 Å². The van der Waals surface area contributed by atoms with Crippen LogP contribution in [0.4, 0.5) is 0 Å². The number of hydrogen-bond acceptors (Lipinski definition) is 2. The summed E-state index contributed by atoms with van der Waals surface area (Å²) in [5, 5.41) is 0. The average molecular weight is 196 g/mol. The zero-order chi connectivity index (χ0) is 10.8. The third-order valence-electron chi connectivity index (χ3n) is 1.88. The fourth-order valence-electron chi connectivity index (χ4n) is 1.03. The van der Waals surface area contributed by atoms with Crippen LogP contribution in [0, 0.1) is 0 Å². The Hall–Kier alpha value is -1.05. The van der Waals surface area contributed by atoms with Crippen LogP contribution in [-0.4, -0.2) is 13.1 Å². The second-order valence-electron chi connectivity index (χ2n) is 3.44. The highest BCUT2D eigenvalue weighted by atomic mass is 16.5. The summed E-state index contributed by atoms with van der Waals surface area (Å²) in [5.41, 5.74) is 1.21. The van der Waals surface area contributed by atoms with Crippen LogP contribution in [0.3, 0.4) is 0 Å². The molecule has 2 nitrogen and oxygen atoms in total. The molecule has 0 aromatic heterocycles. The number of hydrogen-bond donors (Lipinski definition) is 0. The first kappa shape index (κ1) is 12.9. The van der Waals surface area contributed by atoms with E-state index in [9.17, 15) is 4.79 Å². The quantitative estimate of drug-likeness (QED) is 0.355. The molecule has 0 aromatic rings. The third kappa shape index (κ3) is 9.04. The molecule has 0 saturated carbocycles. The molecule has 0 aliphatic heterocycles. The van der Waals surface area contributed by atoms with E-state index in [0.717, 1.165) is 25.7 Å². The lowest BCUT2D eigenvalue weighted by molar-refractivity contribution is -0.140. The van der Waals surface area contributed by atoms with Crippen molar-refractivity contribution >= 4 is 5.97 Å². The van der Waals surface area contributed by atoms with Gasteiger partial charge in [0.05, 0.1) is 7.11 Å². The summed E-state index contributed by atoms with van der Waals surface area (Å²) in [6.07, 6.45) is 8.70. The van der Waals surface area contributed by atoms with Crippen molar-refractivity contribution in [1.82, 2.24) is 0 Å². The predicted octanol–water partition coefficient (Wildman–Crippen LogP) is 3.24. The fraction of sp³-hybridized carbons (Fsp3) is 0.583. The Morgan fingerprint density at radius 1 is 1.29 bits per heavy atom. The number of ether oxygens (including phenoxy) is 1. The monoisotopic (exact) mass is 196 g/mol.